The molecule has 0 heterocycles. The molecule has 0 aromatic rings. The molecule has 0 aliphatic rings. The predicted molar refractivity (Wildman–Crippen MR) is 76.2 cm³/mol. The van der Waals surface area contributed by atoms with E-state index in [0.29, 0.717) is 0 Å². The second kappa shape index (κ2) is 13.0. The molecule has 0 unspecified atom stereocenters. The van der Waals surface area contributed by atoms with Crippen molar-refractivity contribution in [2.75, 3.05) is 0 Å². The average Bonchev–Trinajstić information content (AvgIpc) is 2.25. The van der Waals surface area contributed by atoms with Crippen LogP contribution in [0.3, 0.4) is 0 Å². The van der Waals surface area contributed by atoms with Crippen LogP contribution in [0.2, 0.25) is 0 Å². The third kappa shape index (κ3) is 13.9. The highest BCUT2D eigenvalue weighted by Crippen LogP contribution is 2.11. The van der Waals surface area contributed by atoms with E-state index in [1.54, 1.807) is 6.08 Å². The van der Waals surface area contributed by atoms with Gasteiger partial charge in [-0.1, -0.05) is 64.7 Å². The highest BCUT2D eigenvalue weighted by Gasteiger charge is 1.92. The highest BCUT2D eigenvalue weighted by atomic mass is 32.1. The third-order valence-corrected chi connectivity index (χ3v) is 3.07. The summed E-state index contributed by atoms with van der Waals surface area (Å²) >= 11 is 3.81. The summed E-state index contributed by atoms with van der Waals surface area (Å²) in [5, 5.41) is 8.98. The maximum atomic E-state index is 8.82. The van der Waals surface area contributed by atoms with E-state index in [4.69, 9.17) is 5.11 Å². The van der Waals surface area contributed by atoms with Gasteiger partial charge in [-0.05, 0) is 18.9 Å². The van der Waals surface area contributed by atoms with Gasteiger partial charge in [0.25, 0.3) is 0 Å². The lowest BCUT2D eigenvalue weighted by molar-refractivity contribution is 0.453. The Bertz CT molecular complexity index is 162. The number of aliphatic hydroxyl groups is 1. The van der Waals surface area contributed by atoms with Crippen molar-refractivity contribution in [3.8, 4) is 0 Å². The van der Waals surface area contributed by atoms with Crippen molar-refractivity contribution >= 4 is 12.6 Å². The topological polar surface area (TPSA) is 20.2 Å². The zero-order valence-electron chi connectivity index (χ0n) is 10.7. The van der Waals surface area contributed by atoms with Crippen LogP contribution in [0.4, 0.5) is 0 Å². The standard InChI is InChI=1S/C14H28OS/c1-2-3-4-5-6-7-8-9-10-11-12-13-14(15)16/h13,15-16H,2-12H2,1H3. The van der Waals surface area contributed by atoms with E-state index in [2.05, 4.69) is 19.6 Å². The minimum absolute atomic E-state index is 0.163. The zero-order chi connectivity index (χ0) is 12.1. The maximum Gasteiger partial charge on any atom is 0.142 e. The summed E-state index contributed by atoms with van der Waals surface area (Å²) in [5.41, 5.74) is 0. The molecular formula is C14H28OS. The van der Waals surface area contributed by atoms with E-state index >= 15 is 0 Å². The molecule has 2 heteroatoms. The fourth-order valence-electron chi connectivity index (χ4n) is 1.86. The number of rotatable bonds is 11. The molecule has 16 heavy (non-hydrogen) atoms. The third-order valence-electron chi connectivity index (χ3n) is 2.88. The van der Waals surface area contributed by atoms with Crippen LogP contribution < -0.4 is 0 Å². The summed E-state index contributed by atoms with van der Waals surface area (Å²) in [6.07, 6.45) is 16.3. The van der Waals surface area contributed by atoms with Crippen LogP contribution in [0.1, 0.15) is 77.6 Å². The van der Waals surface area contributed by atoms with E-state index in [0.717, 1.165) is 6.42 Å². The molecule has 0 saturated heterocycles. The maximum absolute atomic E-state index is 8.82. The van der Waals surface area contributed by atoms with Crippen molar-refractivity contribution in [2.24, 2.45) is 0 Å². The van der Waals surface area contributed by atoms with E-state index in [9.17, 15) is 0 Å². The summed E-state index contributed by atoms with van der Waals surface area (Å²) in [6.45, 7) is 2.26. The molecule has 0 aliphatic heterocycles. The molecule has 1 nitrogen and oxygen atoms in total. The van der Waals surface area contributed by atoms with Gasteiger partial charge in [0.05, 0.1) is 0 Å². The minimum atomic E-state index is 0.163. The SMILES string of the molecule is CCCCCCCCCCCCC=C(O)S. The molecule has 0 atom stereocenters. The molecule has 0 aromatic carbocycles. The first kappa shape index (κ1) is 15.9. The quantitative estimate of drug-likeness (QED) is 0.274. The second-order valence-electron chi connectivity index (χ2n) is 4.53. The van der Waals surface area contributed by atoms with Gasteiger partial charge >= 0.3 is 0 Å². The number of allylic oxidation sites excluding steroid dienone is 1. The molecule has 96 valence electrons. The normalized spacial score (nSPS) is 12.0. The van der Waals surface area contributed by atoms with Crippen LogP contribution in [-0.2, 0) is 0 Å². The zero-order valence-corrected chi connectivity index (χ0v) is 11.6. The van der Waals surface area contributed by atoms with Crippen LogP contribution in [-0.4, -0.2) is 5.11 Å². The van der Waals surface area contributed by atoms with Crippen molar-refractivity contribution < 1.29 is 5.11 Å². The van der Waals surface area contributed by atoms with Crippen molar-refractivity contribution in [1.82, 2.24) is 0 Å². The Balaban J connectivity index is 2.96. The molecular weight excluding hydrogens is 216 g/mol. The Labute approximate surface area is 107 Å². The van der Waals surface area contributed by atoms with Gasteiger partial charge < -0.3 is 5.11 Å². The number of hydrogen-bond donors (Lipinski definition) is 2. The van der Waals surface area contributed by atoms with Crippen LogP contribution in [0.25, 0.3) is 0 Å². The van der Waals surface area contributed by atoms with E-state index in [-0.39, 0.29) is 5.09 Å². The van der Waals surface area contributed by atoms with Gasteiger partial charge in [-0.2, -0.15) is 0 Å². The summed E-state index contributed by atoms with van der Waals surface area (Å²) < 4.78 is 0. The number of hydrogen-bond acceptors (Lipinski definition) is 2. The second-order valence-corrected chi connectivity index (χ2v) is 4.99. The first-order chi connectivity index (χ1) is 7.77. The Morgan fingerprint density at radius 3 is 1.75 bits per heavy atom. The average molecular weight is 244 g/mol. The van der Waals surface area contributed by atoms with Crippen LogP contribution in [0, 0.1) is 0 Å². The fraction of sp³-hybridized carbons (Fsp3) is 0.857. The van der Waals surface area contributed by atoms with Gasteiger partial charge in [0.15, 0.2) is 0 Å². The van der Waals surface area contributed by atoms with Gasteiger partial charge in [0.1, 0.15) is 5.09 Å². The van der Waals surface area contributed by atoms with Gasteiger partial charge in [0.2, 0.25) is 0 Å². The molecule has 0 bridgehead atoms. The summed E-state index contributed by atoms with van der Waals surface area (Å²) in [6, 6.07) is 0. The first-order valence-corrected chi connectivity index (χ1v) is 7.30. The van der Waals surface area contributed by atoms with E-state index in [1.165, 1.54) is 64.2 Å². The van der Waals surface area contributed by atoms with Crippen molar-refractivity contribution in [3.63, 3.8) is 0 Å². The molecule has 0 spiro atoms. The highest BCUT2D eigenvalue weighted by molar-refractivity contribution is 7.84. The summed E-state index contributed by atoms with van der Waals surface area (Å²) in [5.74, 6) is 0. The molecule has 0 rings (SSSR count). The number of aliphatic hydroxyl groups excluding tert-OH is 1. The number of unbranched alkanes of at least 4 members (excludes halogenated alkanes) is 10. The van der Waals surface area contributed by atoms with Crippen molar-refractivity contribution in [2.45, 2.75) is 77.6 Å². The smallest absolute Gasteiger partial charge is 0.142 e. The Hall–Kier alpha value is -0.110. The number of thiol groups is 1. The van der Waals surface area contributed by atoms with Crippen LogP contribution in [0.15, 0.2) is 11.2 Å². The minimum Gasteiger partial charge on any atom is -0.503 e. The Kier molecular flexibility index (Phi) is 12.9. The Morgan fingerprint density at radius 1 is 0.875 bits per heavy atom. The van der Waals surface area contributed by atoms with Crippen molar-refractivity contribution in [3.05, 3.63) is 11.2 Å². The first-order valence-electron chi connectivity index (χ1n) is 6.85. The molecule has 1 N–H and O–H groups in total. The van der Waals surface area contributed by atoms with Crippen LogP contribution >= 0.6 is 12.6 Å². The van der Waals surface area contributed by atoms with Gasteiger partial charge in [0, 0.05) is 0 Å². The summed E-state index contributed by atoms with van der Waals surface area (Å²) in [4.78, 5) is 0. The molecule has 0 radical (unpaired) electrons. The van der Waals surface area contributed by atoms with E-state index in [1.807, 2.05) is 0 Å². The molecule has 0 fully saturated rings. The van der Waals surface area contributed by atoms with Gasteiger partial charge in [-0.3, -0.25) is 0 Å². The largest absolute Gasteiger partial charge is 0.503 e. The lowest BCUT2D eigenvalue weighted by Crippen LogP contribution is -1.81. The van der Waals surface area contributed by atoms with Crippen LogP contribution in [0.5, 0.6) is 0 Å². The van der Waals surface area contributed by atoms with Gasteiger partial charge in [-0.15, -0.1) is 12.6 Å². The molecule has 0 aliphatic carbocycles. The lowest BCUT2D eigenvalue weighted by atomic mass is 10.1. The van der Waals surface area contributed by atoms with Crippen molar-refractivity contribution in [1.29, 1.82) is 0 Å². The van der Waals surface area contributed by atoms with Gasteiger partial charge in [-0.25, -0.2) is 0 Å². The summed E-state index contributed by atoms with van der Waals surface area (Å²) in [7, 11) is 0. The Morgan fingerprint density at radius 2 is 1.31 bits per heavy atom. The monoisotopic (exact) mass is 244 g/mol. The molecule has 0 saturated carbocycles. The van der Waals surface area contributed by atoms with E-state index < -0.39 is 0 Å². The molecule has 0 aromatic heterocycles. The predicted octanol–water partition coefficient (Wildman–Crippen LogP) is 5.63. The fourth-order valence-corrected chi connectivity index (χ4v) is 1.99. The molecule has 0 amide bonds. The lowest BCUT2D eigenvalue weighted by Gasteiger charge is -2.01.